The number of rotatable bonds is 6. The van der Waals surface area contributed by atoms with Crippen molar-refractivity contribution in [2.24, 2.45) is 0 Å². The van der Waals surface area contributed by atoms with E-state index >= 15 is 0 Å². The van der Waals surface area contributed by atoms with E-state index in [9.17, 15) is 4.79 Å². The fraction of sp³-hybridized carbons (Fsp3) is 0.389. The van der Waals surface area contributed by atoms with Gasteiger partial charge in [-0.05, 0) is 38.0 Å². The molecule has 0 radical (unpaired) electrons. The van der Waals surface area contributed by atoms with Gasteiger partial charge in [0.05, 0.1) is 18.8 Å². The Kier molecular flexibility index (Phi) is 5.45. The van der Waals surface area contributed by atoms with Gasteiger partial charge in [-0.2, -0.15) is 4.98 Å². The second-order valence-corrected chi connectivity index (χ2v) is 5.93. The zero-order valence-electron chi connectivity index (χ0n) is 14.4. The lowest BCUT2D eigenvalue weighted by molar-refractivity contribution is 0.0601. The molecule has 0 bridgehead atoms. The van der Waals surface area contributed by atoms with Gasteiger partial charge in [0.25, 0.3) is 0 Å². The molecule has 2 heterocycles. The molecule has 0 aliphatic carbocycles. The molecule has 1 atom stereocenters. The van der Waals surface area contributed by atoms with Crippen molar-refractivity contribution < 1.29 is 14.3 Å². The average Bonchev–Trinajstić information content (AvgIpc) is 3.12. The van der Waals surface area contributed by atoms with E-state index in [0.717, 1.165) is 43.2 Å². The monoisotopic (exact) mass is 342 g/mol. The zero-order valence-corrected chi connectivity index (χ0v) is 14.4. The molecule has 2 N–H and O–H groups in total. The highest BCUT2D eigenvalue weighted by atomic mass is 16.5. The van der Waals surface area contributed by atoms with Crippen molar-refractivity contribution in [1.82, 2.24) is 9.97 Å². The Bertz CT molecular complexity index is 745. The van der Waals surface area contributed by atoms with Crippen LogP contribution in [0.4, 0.5) is 17.5 Å². The summed E-state index contributed by atoms with van der Waals surface area (Å²) in [5.74, 6) is 0.833. The minimum absolute atomic E-state index is 0.239. The summed E-state index contributed by atoms with van der Waals surface area (Å²) in [5, 5.41) is 6.43. The molecule has 1 aromatic heterocycles. The quantitative estimate of drug-likeness (QED) is 0.781. The number of methoxy groups -OCH3 is 1. The number of hydrogen-bond donors (Lipinski definition) is 2. The van der Waals surface area contributed by atoms with Crippen LogP contribution in [0.3, 0.4) is 0 Å². The number of benzene rings is 1. The summed E-state index contributed by atoms with van der Waals surface area (Å²) in [6, 6.07) is 8.92. The lowest BCUT2D eigenvalue weighted by atomic mass is 10.2. The van der Waals surface area contributed by atoms with Crippen molar-refractivity contribution in [3.63, 3.8) is 0 Å². The van der Waals surface area contributed by atoms with E-state index in [-0.39, 0.29) is 12.1 Å². The maximum Gasteiger partial charge on any atom is 0.337 e. The van der Waals surface area contributed by atoms with E-state index in [4.69, 9.17) is 9.47 Å². The van der Waals surface area contributed by atoms with Crippen LogP contribution in [0.2, 0.25) is 0 Å². The first kappa shape index (κ1) is 17.2. The summed E-state index contributed by atoms with van der Waals surface area (Å²) >= 11 is 0. The minimum atomic E-state index is -0.382. The van der Waals surface area contributed by atoms with E-state index in [1.165, 1.54) is 7.11 Å². The highest BCUT2D eigenvalue weighted by molar-refractivity contribution is 5.90. The van der Waals surface area contributed by atoms with Crippen LogP contribution in [-0.4, -0.2) is 42.3 Å². The zero-order chi connectivity index (χ0) is 17.6. The summed E-state index contributed by atoms with van der Waals surface area (Å²) in [6.45, 7) is 3.47. The molecule has 0 spiro atoms. The van der Waals surface area contributed by atoms with Gasteiger partial charge in [0.1, 0.15) is 5.82 Å². The van der Waals surface area contributed by atoms with Crippen LogP contribution in [0.15, 0.2) is 30.3 Å². The lowest BCUT2D eigenvalue weighted by Gasteiger charge is -2.13. The molecule has 1 aliphatic heterocycles. The predicted octanol–water partition coefficient (Wildman–Crippen LogP) is 2.91. The van der Waals surface area contributed by atoms with Gasteiger partial charge in [0.15, 0.2) is 0 Å². The Hall–Kier alpha value is -2.67. The van der Waals surface area contributed by atoms with E-state index in [0.29, 0.717) is 11.5 Å². The molecule has 1 saturated heterocycles. The molecule has 7 nitrogen and oxygen atoms in total. The first-order valence-electron chi connectivity index (χ1n) is 8.30. The SMILES string of the molecule is COC(=O)c1cccc(Nc2nc(C)cc(NCC3CCCO3)n2)c1. The van der Waals surface area contributed by atoms with Gasteiger partial charge in [0.2, 0.25) is 5.95 Å². The number of aromatic nitrogens is 2. The first-order valence-corrected chi connectivity index (χ1v) is 8.30. The number of esters is 1. The van der Waals surface area contributed by atoms with Gasteiger partial charge >= 0.3 is 5.97 Å². The molecular weight excluding hydrogens is 320 g/mol. The van der Waals surface area contributed by atoms with Crippen molar-refractivity contribution in [2.45, 2.75) is 25.9 Å². The highest BCUT2D eigenvalue weighted by Crippen LogP contribution is 2.18. The summed E-state index contributed by atoms with van der Waals surface area (Å²) < 4.78 is 10.4. The van der Waals surface area contributed by atoms with Gasteiger partial charge < -0.3 is 20.1 Å². The molecule has 132 valence electrons. The van der Waals surface area contributed by atoms with Gasteiger partial charge in [-0.25, -0.2) is 9.78 Å². The second-order valence-electron chi connectivity index (χ2n) is 5.93. The molecule has 25 heavy (non-hydrogen) atoms. The van der Waals surface area contributed by atoms with Gasteiger partial charge in [0, 0.05) is 30.6 Å². The number of carbonyl (C=O) groups excluding carboxylic acids is 1. The Morgan fingerprint density at radius 3 is 3.00 bits per heavy atom. The van der Waals surface area contributed by atoms with Crippen LogP contribution in [0.5, 0.6) is 0 Å². The van der Waals surface area contributed by atoms with E-state index in [2.05, 4.69) is 20.6 Å². The van der Waals surface area contributed by atoms with Crippen LogP contribution in [-0.2, 0) is 9.47 Å². The molecule has 7 heteroatoms. The number of ether oxygens (including phenoxy) is 2. The topological polar surface area (TPSA) is 85.4 Å². The van der Waals surface area contributed by atoms with Crippen LogP contribution in [0.25, 0.3) is 0 Å². The van der Waals surface area contributed by atoms with Gasteiger partial charge in [-0.1, -0.05) is 6.07 Å². The molecule has 1 aliphatic rings. The standard InChI is InChI=1S/C18H22N4O3/c1-12-9-16(19-11-15-7-4-8-25-15)22-18(20-12)21-14-6-3-5-13(10-14)17(23)24-2/h3,5-6,9-10,15H,4,7-8,11H2,1-2H3,(H2,19,20,21,22). The smallest absolute Gasteiger partial charge is 0.337 e. The average molecular weight is 342 g/mol. The highest BCUT2D eigenvalue weighted by Gasteiger charge is 2.15. The Labute approximate surface area is 146 Å². The van der Waals surface area contributed by atoms with Crippen LogP contribution in [0.1, 0.15) is 28.9 Å². The molecule has 1 unspecified atom stereocenters. The molecular formula is C18H22N4O3. The molecule has 0 amide bonds. The van der Waals surface area contributed by atoms with Gasteiger partial charge in [-0.3, -0.25) is 0 Å². The first-order chi connectivity index (χ1) is 12.1. The van der Waals surface area contributed by atoms with Gasteiger partial charge in [-0.15, -0.1) is 0 Å². The summed E-state index contributed by atoms with van der Waals surface area (Å²) in [7, 11) is 1.36. The van der Waals surface area contributed by atoms with Crippen molar-refractivity contribution in [3.8, 4) is 0 Å². The fourth-order valence-electron chi connectivity index (χ4n) is 2.71. The molecule has 3 rings (SSSR count). The Balaban J connectivity index is 1.70. The summed E-state index contributed by atoms with van der Waals surface area (Å²) in [5.41, 5.74) is 2.03. The summed E-state index contributed by atoms with van der Waals surface area (Å²) in [4.78, 5) is 20.5. The third-order valence-corrected chi connectivity index (χ3v) is 3.93. The number of hydrogen-bond acceptors (Lipinski definition) is 7. The number of aryl methyl sites for hydroxylation is 1. The summed E-state index contributed by atoms with van der Waals surface area (Å²) in [6.07, 6.45) is 2.42. The molecule has 1 fully saturated rings. The van der Waals surface area contributed by atoms with Crippen molar-refractivity contribution in [2.75, 3.05) is 30.9 Å². The number of anilines is 3. The second kappa shape index (κ2) is 7.94. The minimum Gasteiger partial charge on any atom is -0.465 e. The maximum absolute atomic E-state index is 11.6. The predicted molar refractivity (Wildman–Crippen MR) is 95.3 cm³/mol. The van der Waals surface area contributed by atoms with Crippen molar-refractivity contribution in [1.29, 1.82) is 0 Å². The number of nitrogens with one attached hydrogen (secondary N) is 2. The normalized spacial score (nSPS) is 16.5. The largest absolute Gasteiger partial charge is 0.465 e. The fourth-order valence-corrected chi connectivity index (χ4v) is 2.71. The Morgan fingerprint density at radius 2 is 2.24 bits per heavy atom. The lowest BCUT2D eigenvalue weighted by Crippen LogP contribution is -2.19. The molecule has 1 aromatic carbocycles. The third-order valence-electron chi connectivity index (χ3n) is 3.93. The molecule has 2 aromatic rings. The molecule has 0 saturated carbocycles. The van der Waals surface area contributed by atoms with Crippen LogP contribution >= 0.6 is 0 Å². The van der Waals surface area contributed by atoms with E-state index in [1.54, 1.807) is 18.2 Å². The van der Waals surface area contributed by atoms with Crippen LogP contribution < -0.4 is 10.6 Å². The maximum atomic E-state index is 11.6. The number of carbonyl (C=O) groups is 1. The van der Waals surface area contributed by atoms with E-state index in [1.807, 2.05) is 19.1 Å². The van der Waals surface area contributed by atoms with Crippen molar-refractivity contribution >= 4 is 23.4 Å². The van der Waals surface area contributed by atoms with Crippen LogP contribution in [0, 0.1) is 6.92 Å². The third kappa shape index (κ3) is 4.67. The Morgan fingerprint density at radius 1 is 1.36 bits per heavy atom. The van der Waals surface area contributed by atoms with E-state index < -0.39 is 0 Å². The number of nitrogens with zero attached hydrogens (tertiary/aromatic N) is 2. The van der Waals surface area contributed by atoms with Crippen molar-refractivity contribution in [3.05, 3.63) is 41.6 Å².